The topological polar surface area (TPSA) is 32.8 Å². The van der Waals surface area contributed by atoms with Gasteiger partial charge in [-0.25, -0.2) is 0 Å². The van der Waals surface area contributed by atoms with Crippen LogP contribution in [0, 0.1) is 0 Å². The molecule has 2 aliphatic heterocycles. The second-order valence-corrected chi connectivity index (χ2v) is 15.3. The van der Waals surface area contributed by atoms with Crippen LogP contribution in [0.25, 0.3) is 65.8 Å². The third-order valence-corrected chi connectivity index (χ3v) is 12.2. The number of hydrogen-bond donors (Lipinski definition) is 0. The minimum Gasteiger partial charge on any atom is -0.456 e. The number of benzene rings is 9. The van der Waals surface area contributed by atoms with E-state index < -0.39 is 0 Å². The molecule has 9 aromatic carbocycles. The Labute approximate surface area is 328 Å². The number of nitrogens with zero attached hydrogens (tertiary/aromatic N) is 2. The largest absolute Gasteiger partial charge is 0.456 e. The summed E-state index contributed by atoms with van der Waals surface area (Å²) in [6.07, 6.45) is 0. The van der Waals surface area contributed by atoms with Crippen molar-refractivity contribution >= 4 is 112 Å². The number of anilines is 6. The van der Waals surface area contributed by atoms with Gasteiger partial charge in [0, 0.05) is 55.7 Å². The summed E-state index contributed by atoms with van der Waals surface area (Å²) in [7, 11) is 0. The number of para-hydroxylation sites is 3. The third-order valence-electron chi connectivity index (χ3n) is 12.2. The van der Waals surface area contributed by atoms with E-state index >= 15 is 0 Å². The minimum absolute atomic E-state index is 0.0703. The van der Waals surface area contributed by atoms with Crippen molar-refractivity contribution in [2.75, 3.05) is 9.80 Å². The summed E-state index contributed by atoms with van der Waals surface area (Å²) in [5, 5.41) is 6.90. The van der Waals surface area contributed by atoms with Crippen molar-refractivity contribution in [2.24, 2.45) is 0 Å². The average molecular weight is 727 g/mol. The average Bonchev–Trinajstić information content (AvgIpc) is 3.82. The summed E-state index contributed by atoms with van der Waals surface area (Å²) in [5.41, 5.74) is 16.8. The predicted molar refractivity (Wildman–Crippen MR) is 238 cm³/mol. The van der Waals surface area contributed by atoms with Crippen molar-refractivity contribution in [1.82, 2.24) is 0 Å². The predicted octanol–water partition coefficient (Wildman–Crippen LogP) is 12.4. The Bertz CT molecular complexity index is 3470. The van der Waals surface area contributed by atoms with Gasteiger partial charge in [-0.1, -0.05) is 103 Å². The van der Waals surface area contributed by atoms with Gasteiger partial charge in [0.1, 0.15) is 22.3 Å². The smallest absolute Gasteiger partial charge is 0.252 e. The molecular weight excluding hydrogens is 695 g/mol. The van der Waals surface area contributed by atoms with E-state index in [1.165, 1.54) is 49.9 Å². The minimum atomic E-state index is 0.0703. The summed E-state index contributed by atoms with van der Waals surface area (Å²) in [4.78, 5) is 4.92. The van der Waals surface area contributed by atoms with Crippen molar-refractivity contribution in [1.29, 1.82) is 0 Å². The Hall–Kier alpha value is -7.50. The zero-order valence-corrected chi connectivity index (χ0v) is 30.7. The summed E-state index contributed by atoms with van der Waals surface area (Å²) >= 11 is 0. The first-order chi connectivity index (χ1) is 28.2. The van der Waals surface area contributed by atoms with E-state index in [2.05, 4.69) is 186 Å². The molecular formula is C52H31BN2O2. The molecule has 11 aromatic rings. The molecule has 0 spiro atoms. The molecule has 264 valence electrons. The molecule has 0 N–H and O–H groups in total. The maximum absolute atomic E-state index is 6.45. The summed E-state index contributed by atoms with van der Waals surface area (Å²) in [6, 6.07) is 68.0. The number of rotatable bonds is 3. The van der Waals surface area contributed by atoms with Crippen LogP contribution in [-0.4, -0.2) is 6.71 Å². The highest BCUT2D eigenvalue weighted by Gasteiger charge is 2.42. The quantitative estimate of drug-likeness (QED) is 0.170. The van der Waals surface area contributed by atoms with E-state index in [1.54, 1.807) is 0 Å². The molecule has 0 fully saturated rings. The lowest BCUT2D eigenvalue weighted by atomic mass is 9.33. The fraction of sp³-hybridized carbons (Fsp3) is 0. The van der Waals surface area contributed by atoms with Crippen molar-refractivity contribution in [3.63, 3.8) is 0 Å². The summed E-state index contributed by atoms with van der Waals surface area (Å²) in [5.74, 6) is 0. The van der Waals surface area contributed by atoms with Gasteiger partial charge in [0.15, 0.2) is 0 Å². The molecule has 2 aromatic heterocycles. The van der Waals surface area contributed by atoms with Crippen LogP contribution in [0.15, 0.2) is 197 Å². The van der Waals surface area contributed by atoms with Crippen LogP contribution >= 0.6 is 0 Å². The first-order valence-corrected chi connectivity index (χ1v) is 19.5. The lowest BCUT2D eigenvalue weighted by Gasteiger charge is -2.44. The van der Waals surface area contributed by atoms with E-state index in [-0.39, 0.29) is 6.71 Å². The molecule has 0 saturated carbocycles. The number of hydrogen-bond acceptors (Lipinski definition) is 4. The fourth-order valence-corrected chi connectivity index (χ4v) is 9.71. The first-order valence-electron chi connectivity index (χ1n) is 19.5. The third kappa shape index (κ3) is 4.39. The Morgan fingerprint density at radius 1 is 0.333 bits per heavy atom. The van der Waals surface area contributed by atoms with Gasteiger partial charge in [0.2, 0.25) is 0 Å². The Morgan fingerprint density at radius 2 is 0.877 bits per heavy atom. The Balaban J connectivity index is 1.00. The van der Waals surface area contributed by atoms with Gasteiger partial charge in [0.05, 0.1) is 0 Å². The fourth-order valence-electron chi connectivity index (χ4n) is 9.71. The molecule has 4 nitrogen and oxygen atoms in total. The van der Waals surface area contributed by atoms with E-state index in [0.717, 1.165) is 66.4 Å². The normalized spacial score (nSPS) is 13.2. The highest BCUT2D eigenvalue weighted by Crippen LogP contribution is 2.45. The Kier molecular flexibility index (Phi) is 6.22. The van der Waals surface area contributed by atoms with Gasteiger partial charge in [-0.15, -0.1) is 0 Å². The molecule has 0 aliphatic carbocycles. The lowest BCUT2D eigenvalue weighted by Crippen LogP contribution is -2.61. The van der Waals surface area contributed by atoms with E-state index in [1.807, 2.05) is 12.1 Å². The summed E-state index contributed by atoms with van der Waals surface area (Å²) in [6.45, 7) is 0.0703. The monoisotopic (exact) mass is 726 g/mol. The van der Waals surface area contributed by atoms with Gasteiger partial charge >= 0.3 is 0 Å². The molecule has 0 saturated heterocycles. The van der Waals surface area contributed by atoms with Crippen LogP contribution in [0.3, 0.4) is 0 Å². The number of fused-ring (bicyclic) bond motifs is 11. The molecule has 0 radical (unpaired) electrons. The van der Waals surface area contributed by atoms with Gasteiger partial charge in [-0.3, -0.25) is 0 Å². The lowest BCUT2D eigenvalue weighted by molar-refractivity contribution is 0.669. The zero-order chi connectivity index (χ0) is 37.2. The molecule has 13 rings (SSSR count). The molecule has 0 bridgehead atoms. The van der Waals surface area contributed by atoms with Crippen LogP contribution in [-0.2, 0) is 0 Å². The molecule has 2 aliphatic rings. The van der Waals surface area contributed by atoms with Crippen LogP contribution in [0.2, 0.25) is 0 Å². The highest BCUT2D eigenvalue weighted by molar-refractivity contribution is 7.00. The highest BCUT2D eigenvalue weighted by atomic mass is 16.3. The van der Waals surface area contributed by atoms with Crippen molar-refractivity contribution in [2.45, 2.75) is 0 Å². The SMILES string of the molecule is c1cc(-c2ccc3oc4ccccc4c3c2)cc(N2c3ccccc3B3c4ccccc4N(c4ccc5oc6cc7ccccc7cc6c5c4)c4cccc2c43)c1. The van der Waals surface area contributed by atoms with E-state index in [9.17, 15) is 0 Å². The maximum Gasteiger partial charge on any atom is 0.252 e. The Morgan fingerprint density at radius 3 is 1.67 bits per heavy atom. The van der Waals surface area contributed by atoms with Gasteiger partial charge in [-0.05, 0) is 123 Å². The zero-order valence-electron chi connectivity index (χ0n) is 30.7. The van der Waals surface area contributed by atoms with Crippen LogP contribution in [0.4, 0.5) is 34.1 Å². The molecule has 4 heterocycles. The van der Waals surface area contributed by atoms with Crippen LogP contribution in [0.5, 0.6) is 0 Å². The molecule has 0 amide bonds. The number of furan rings is 2. The van der Waals surface area contributed by atoms with Crippen LogP contribution in [0.1, 0.15) is 0 Å². The van der Waals surface area contributed by atoms with E-state index in [0.29, 0.717) is 0 Å². The molecule has 5 heteroatoms. The standard InChI is InChI=1S/C52H31BN2O2/c1-2-12-34-30-51-40(28-33(34)11-1)41-31-37(24-26-50(41)57-51)55-45-19-7-5-17-43(45)53-42-16-4-6-18-44(42)54(46-20-10-21-47(55)52(46)53)36-14-9-13-32(27-36)35-23-25-49-39(29-35)38-15-3-8-22-48(38)56-49/h1-31H. The van der Waals surface area contributed by atoms with Gasteiger partial charge in [-0.2, -0.15) is 0 Å². The molecule has 0 atom stereocenters. The van der Waals surface area contributed by atoms with Crippen LogP contribution < -0.4 is 26.2 Å². The van der Waals surface area contributed by atoms with Crippen molar-refractivity contribution in [3.8, 4) is 11.1 Å². The second kappa shape index (κ2) is 11.5. The first kappa shape index (κ1) is 30.8. The maximum atomic E-state index is 6.45. The van der Waals surface area contributed by atoms with Gasteiger partial charge < -0.3 is 18.6 Å². The second-order valence-electron chi connectivity index (χ2n) is 15.3. The molecule has 0 unspecified atom stereocenters. The summed E-state index contributed by atoms with van der Waals surface area (Å²) < 4.78 is 12.6. The van der Waals surface area contributed by atoms with E-state index in [4.69, 9.17) is 8.83 Å². The van der Waals surface area contributed by atoms with Gasteiger partial charge in [0.25, 0.3) is 6.71 Å². The van der Waals surface area contributed by atoms with Crippen molar-refractivity contribution in [3.05, 3.63) is 188 Å². The molecule has 57 heavy (non-hydrogen) atoms. The van der Waals surface area contributed by atoms with Crippen molar-refractivity contribution < 1.29 is 8.83 Å².